The maximum atomic E-state index is 11.7. The first-order valence-electron chi connectivity index (χ1n) is 7.11. The Morgan fingerprint density at radius 3 is 2.40 bits per heavy atom. The Labute approximate surface area is 121 Å². The van der Waals surface area contributed by atoms with E-state index in [9.17, 15) is 9.59 Å². The molecule has 1 unspecified atom stereocenters. The van der Waals surface area contributed by atoms with Crippen LogP contribution in [0.1, 0.15) is 47.0 Å². The minimum Gasteiger partial charge on any atom is -0.481 e. The fourth-order valence-corrected chi connectivity index (χ4v) is 1.58. The third kappa shape index (κ3) is 9.61. The van der Waals surface area contributed by atoms with Crippen LogP contribution < -0.4 is 10.6 Å². The van der Waals surface area contributed by atoms with Gasteiger partial charge in [-0.1, -0.05) is 27.7 Å². The number of hydrogen-bond acceptors (Lipinski definition) is 3. The largest absolute Gasteiger partial charge is 0.481 e. The lowest BCUT2D eigenvalue weighted by Crippen LogP contribution is -2.49. The zero-order valence-electron chi connectivity index (χ0n) is 13.0. The SMILES string of the molecule is CCCOCCCNC(=O)NC(CC(=O)O)C(C)(C)C. The molecule has 0 bridgehead atoms. The Morgan fingerprint density at radius 2 is 1.90 bits per heavy atom. The standard InChI is InChI=1S/C14H28N2O4/c1-5-8-20-9-6-7-15-13(19)16-11(10-12(17)18)14(2,3)4/h11H,5-10H2,1-4H3,(H,17,18)(H2,15,16,19). The predicted molar refractivity (Wildman–Crippen MR) is 77.8 cm³/mol. The first-order chi connectivity index (χ1) is 9.27. The van der Waals surface area contributed by atoms with E-state index in [-0.39, 0.29) is 17.9 Å². The number of urea groups is 1. The minimum absolute atomic E-state index is 0.0868. The molecule has 1 atom stereocenters. The fraction of sp³-hybridized carbons (Fsp3) is 0.857. The summed E-state index contributed by atoms with van der Waals surface area (Å²) in [6, 6.07) is -0.738. The Hall–Kier alpha value is -1.30. The smallest absolute Gasteiger partial charge is 0.315 e. The molecule has 0 fully saturated rings. The van der Waals surface area contributed by atoms with E-state index < -0.39 is 12.0 Å². The van der Waals surface area contributed by atoms with E-state index in [1.54, 1.807) is 0 Å². The minimum atomic E-state index is -0.918. The highest BCUT2D eigenvalue weighted by atomic mass is 16.5. The molecule has 6 nitrogen and oxygen atoms in total. The summed E-state index contributed by atoms with van der Waals surface area (Å²) in [7, 11) is 0. The molecule has 20 heavy (non-hydrogen) atoms. The van der Waals surface area contributed by atoms with E-state index >= 15 is 0 Å². The number of carboxylic acid groups (broad SMARTS) is 1. The van der Waals surface area contributed by atoms with Crippen LogP contribution in [0.4, 0.5) is 4.79 Å². The number of carbonyl (C=O) groups is 2. The summed E-state index contributed by atoms with van der Waals surface area (Å²) in [4.78, 5) is 22.5. The topological polar surface area (TPSA) is 87.7 Å². The first-order valence-corrected chi connectivity index (χ1v) is 7.11. The summed E-state index contributed by atoms with van der Waals surface area (Å²) in [5.74, 6) is -0.918. The van der Waals surface area contributed by atoms with Gasteiger partial charge in [-0.2, -0.15) is 0 Å². The van der Waals surface area contributed by atoms with Crippen molar-refractivity contribution < 1.29 is 19.4 Å². The number of carbonyl (C=O) groups excluding carboxylic acids is 1. The van der Waals surface area contributed by atoms with E-state index in [4.69, 9.17) is 9.84 Å². The number of amides is 2. The van der Waals surface area contributed by atoms with Crippen molar-refractivity contribution in [3.05, 3.63) is 0 Å². The molecule has 0 spiro atoms. The molecule has 0 aliphatic heterocycles. The van der Waals surface area contributed by atoms with E-state index in [1.165, 1.54) is 0 Å². The van der Waals surface area contributed by atoms with Crippen molar-refractivity contribution in [2.75, 3.05) is 19.8 Å². The number of hydrogen-bond donors (Lipinski definition) is 3. The normalized spacial score (nSPS) is 12.8. The molecule has 0 saturated carbocycles. The molecule has 6 heteroatoms. The van der Waals surface area contributed by atoms with Crippen molar-refractivity contribution in [2.45, 2.75) is 53.0 Å². The van der Waals surface area contributed by atoms with Gasteiger partial charge in [-0.25, -0.2) is 4.79 Å². The van der Waals surface area contributed by atoms with Gasteiger partial charge in [0.15, 0.2) is 0 Å². The summed E-state index contributed by atoms with van der Waals surface area (Å²) in [6.45, 7) is 9.61. The van der Waals surface area contributed by atoms with Crippen molar-refractivity contribution >= 4 is 12.0 Å². The lowest BCUT2D eigenvalue weighted by atomic mass is 9.85. The molecule has 2 amide bonds. The van der Waals surface area contributed by atoms with Crippen molar-refractivity contribution in [3.8, 4) is 0 Å². The van der Waals surface area contributed by atoms with Crippen LogP contribution in [0.5, 0.6) is 0 Å². The van der Waals surface area contributed by atoms with Gasteiger partial charge >= 0.3 is 12.0 Å². The molecule has 0 aromatic heterocycles. The van der Waals surface area contributed by atoms with Crippen LogP contribution in [0.3, 0.4) is 0 Å². The highest BCUT2D eigenvalue weighted by molar-refractivity contribution is 5.75. The van der Waals surface area contributed by atoms with Gasteiger partial charge in [-0.15, -0.1) is 0 Å². The molecule has 0 saturated heterocycles. The van der Waals surface area contributed by atoms with Crippen LogP contribution in [0, 0.1) is 5.41 Å². The number of carboxylic acids is 1. The number of ether oxygens (including phenoxy) is 1. The van der Waals surface area contributed by atoms with Gasteiger partial charge in [0, 0.05) is 25.8 Å². The maximum Gasteiger partial charge on any atom is 0.315 e. The van der Waals surface area contributed by atoms with E-state index in [1.807, 2.05) is 27.7 Å². The van der Waals surface area contributed by atoms with Crippen molar-refractivity contribution in [3.63, 3.8) is 0 Å². The Morgan fingerprint density at radius 1 is 1.25 bits per heavy atom. The van der Waals surface area contributed by atoms with Gasteiger partial charge in [0.2, 0.25) is 0 Å². The quantitative estimate of drug-likeness (QED) is 0.566. The molecule has 0 heterocycles. The molecule has 0 rings (SSSR count). The molecule has 0 aliphatic rings. The van der Waals surface area contributed by atoms with Gasteiger partial charge in [0.05, 0.1) is 6.42 Å². The summed E-state index contributed by atoms with van der Waals surface area (Å²) in [5, 5.41) is 14.3. The second-order valence-corrected chi connectivity index (χ2v) is 5.88. The van der Waals surface area contributed by atoms with E-state index in [0.717, 1.165) is 19.4 Å². The molecule has 0 aromatic rings. The van der Waals surface area contributed by atoms with E-state index in [0.29, 0.717) is 13.2 Å². The van der Waals surface area contributed by atoms with Crippen molar-refractivity contribution in [1.29, 1.82) is 0 Å². The number of nitrogens with one attached hydrogen (secondary N) is 2. The molecule has 0 radical (unpaired) electrons. The number of aliphatic carboxylic acids is 1. The Kier molecular flexibility index (Phi) is 8.96. The molecule has 118 valence electrons. The van der Waals surface area contributed by atoms with Crippen LogP contribution in [-0.2, 0) is 9.53 Å². The molecule has 0 aromatic carbocycles. The van der Waals surface area contributed by atoms with Crippen LogP contribution in [0.15, 0.2) is 0 Å². The molecule has 3 N–H and O–H groups in total. The average molecular weight is 288 g/mol. The van der Waals surface area contributed by atoms with Gasteiger partial charge in [-0.05, 0) is 18.3 Å². The van der Waals surface area contributed by atoms with Gasteiger partial charge in [-0.3, -0.25) is 4.79 Å². The Balaban J connectivity index is 3.99. The Bertz CT molecular complexity index is 300. The molecule has 0 aliphatic carbocycles. The zero-order valence-corrected chi connectivity index (χ0v) is 13.0. The van der Waals surface area contributed by atoms with Gasteiger partial charge in [0.25, 0.3) is 0 Å². The molecular formula is C14H28N2O4. The lowest BCUT2D eigenvalue weighted by molar-refractivity contribution is -0.138. The summed E-state index contributed by atoms with van der Waals surface area (Å²) >= 11 is 0. The van der Waals surface area contributed by atoms with Crippen LogP contribution in [0.25, 0.3) is 0 Å². The van der Waals surface area contributed by atoms with Crippen LogP contribution >= 0.6 is 0 Å². The highest BCUT2D eigenvalue weighted by Crippen LogP contribution is 2.21. The third-order valence-corrected chi connectivity index (χ3v) is 2.83. The number of rotatable bonds is 9. The van der Waals surface area contributed by atoms with Crippen LogP contribution in [0.2, 0.25) is 0 Å². The van der Waals surface area contributed by atoms with Gasteiger partial charge in [0.1, 0.15) is 0 Å². The van der Waals surface area contributed by atoms with E-state index in [2.05, 4.69) is 10.6 Å². The van der Waals surface area contributed by atoms with Crippen LogP contribution in [-0.4, -0.2) is 42.9 Å². The van der Waals surface area contributed by atoms with Crippen molar-refractivity contribution in [1.82, 2.24) is 10.6 Å². The zero-order chi connectivity index (χ0) is 15.6. The average Bonchev–Trinajstić information content (AvgIpc) is 2.31. The maximum absolute atomic E-state index is 11.7. The fourth-order valence-electron chi connectivity index (χ4n) is 1.58. The second kappa shape index (κ2) is 9.58. The predicted octanol–water partition coefficient (Wildman–Crippen LogP) is 1.99. The highest BCUT2D eigenvalue weighted by Gasteiger charge is 2.28. The summed E-state index contributed by atoms with van der Waals surface area (Å²) in [5.41, 5.74) is -0.306. The molecular weight excluding hydrogens is 260 g/mol. The summed E-state index contributed by atoms with van der Waals surface area (Å²) < 4.78 is 5.30. The first kappa shape index (κ1) is 18.7. The second-order valence-electron chi connectivity index (χ2n) is 5.88. The van der Waals surface area contributed by atoms with Gasteiger partial charge < -0.3 is 20.5 Å². The third-order valence-electron chi connectivity index (χ3n) is 2.83. The van der Waals surface area contributed by atoms with Crippen molar-refractivity contribution in [2.24, 2.45) is 5.41 Å². The monoisotopic (exact) mass is 288 g/mol. The lowest BCUT2D eigenvalue weighted by Gasteiger charge is -2.30. The summed E-state index contributed by atoms with van der Waals surface area (Å²) in [6.07, 6.45) is 1.64.